The first-order valence-electron chi connectivity index (χ1n) is 15.1. The fourth-order valence-corrected chi connectivity index (χ4v) is 5.68. The summed E-state index contributed by atoms with van der Waals surface area (Å²) in [7, 11) is 0. The molecule has 9 nitrogen and oxygen atoms in total. The van der Waals surface area contributed by atoms with Crippen LogP contribution in [-0.2, 0) is 49.6 Å². The Morgan fingerprint density at radius 3 is 1.98 bits per heavy atom. The average Bonchev–Trinajstić information content (AvgIpc) is 3.46. The number of nitrogens with zero attached hydrogens (tertiary/aromatic N) is 1. The minimum absolute atomic E-state index is 0. The Balaban J connectivity index is 0.00000552. The molecule has 1 unspecified atom stereocenters. The van der Waals surface area contributed by atoms with Gasteiger partial charge in [-0.15, -0.1) is 17.0 Å². The summed E-state index contributed by atoms with van der Waals surface area (Å²) < 4.78 is 5.31. The van der Waals surface area contributed by atoms with Crippen LogP contribution in [0.5, 0.6) is 0 Å². The molecule has 3 atom stereocenters. The Hall–Kier alpha value is -4.02. The summed E-state index contributed by atoms with van der Waals surface area (Å²) in [5, 5.41) is 15.6. The number of ether oxygens (including phenoxy) is 1. The molecule has 4 rings (SSSR count). The molecule has 45 heavy (non-hydrogen) atoms. The molecule has 10 heteroatoms. The molecule has 1 aliphatic rings. The number of hydrogen-bond acceptors (Lipinski definition) is 6. The van der Waals surface area contributed by atoms with Gasteiger partial charge in [0, 0.05) is 12.5 Å². The van der Waals surface area contributed by atoms with Crippen LogP contribution in [-0.4, -0.2) is 71.1 Å². The van der Waals surface area contributed by atoms with Crippen molar-refractivity contribution in [3.63, 3.8) is 0 Å². The first kappa shape index (κ1) is 35.5. The van der Waals surface area contributed by atoms with Crippen LogP contribution in [0.2, 0.25) is 0 Å². The number of aliphatic carboxylic acids is 1. The van der Waals surface area contributed by atoms with Gasteiger partial charge in [-0.25, -0.2) is 4.79 Å². The highest BCUT2D eigenvalue weighted by Gasteiger charge is 2.35. The van der Waals surface area contributed by atoms with Gasteiger partial charge in [-0.1, -0.05) is 84.9 Å². The lowest BCUT2D eigenvalue weighted by molar-refractivity contribution is -0.147. The third kappa shape index (κ3) is 10.3. The van der Waals surface area contributed by atoms with Gasteiger partial charge in [0.15, 0.2) is 0 Å². The second-order valence-corrected chi connectivity index (χ2v) is 11.2. The van der Waals surface area contributed by atoms with Gasteiger partial charge in [-0.05, 0) is 61.8 Å². The maximum atomic E-state index is 14.0. The van der Waals surface area contributed by atoms with E-state index in [1.807, 2.05) is 72.8 Å². The van der Waals surface area contributed by atoms with E-state index in [9.17, 15) is 24.3 Å². The van der Waals surface area contributed by atoms with Gasteiger partial charge < -0.3 is 20.1 Å². The van der Waals surface area contributed by atoms with Gasteiger partial charge in [-0.2, -0.15) is 0 Å². The quantitative estimate of drug-likeness (QED) is 0.208. The molecule has 1 aliphatic carbocycles. The molecule has 3 aromatic carbocycles. The van der Waals surface area contributed by atoms with Crippen LogP contribution >= 0.6 is 17.0 Å². The van der Waals surface area contributed by atoms with Crippen molar-refractivity contribution < 1.29 is 29.0 Å². The van der Waals surface area contributed by atoms with Crippen LogP contribution in [0.4, 0.5) is 0 Å². The number of hydrogen-bond donors (Lipinski definition) is 3. The highest BCUT2D eigenvalue weighted by molar-refractivity contribution is 8.93. The van der Waals surface area contributed by atoms with Gasteiger partial charge in [0.25, 0.3) is 0 Å². The molecular weight excluding hydrogens is 638 g/mol. The number of aryl methyl sites for hydroxylation is 1. The summed E-state index contributed by atoms with van der Waals surface area (Å²) in [5.41, 5.74) is 4.05. The topological polar surface area (TPSA) is 125 Å². The molecule has 0 bridgehead atoms. The Morgan fingerprint density at radius 1 is 0.867 bits per heavy atom. The van der Waals surface area contributed by atoms with Crippen molar-refractivity contribution in [2.45, 2.75) is 70.1 Å². The number of nitrogens with one attached hydrogen (secondary N) is 2. The van der Waals surface area contributed by atoms with E-state index in [4.69, 9.17) is 4.74 Å². The second-order valence-electron chi connectivity index (χ2n) is 11.2. The summed E-state index contributed by atoms with van der Waals surface area (Å²) in [6, 6.07) is 23.8. The SMILES string of the molecule is Br.CCOC(=O)C(CCc1ccccc1)N[C@@H](C)C(=O)N(CC(=O)N[C@@H](Cc1ccccc1)C(=O)O)C1Cc2ccccc2C1. The fourth-order valence-electron chi connectivity index (χ4n) is 5.68. The predicted octanol–water partition coefficient (Wildman–Crippen LogP) is 3.92. The highest BCUT2D eigenvalue weighted by Crippen LogP contribution is 2.26. The lowest BCUT2D eigenvalue weighted by atomic mass is 10.0. The summed E-state index contributed by atoms with van der Waals surface area (Å²) in [6.07, 6.45) is 2.30. The number of carboxylic acids is 1. The van der Waals surface area contributed by atoms with Gasteiger partial charge in [0.2, 0.25) is 11.8 Å². The lowest BCUT2D eigenvalue weighted by Gasteiger charge is -2.32. The highest BCUT2D eigenvalue weighted by atomic mass is 79.9. The van der Waals surface area contributed by atoms with Crippen molar-refractivity contribution in [2.24, 2.45) is 0 Å². The number of halogens is 1. The van der Waals surface area contributed by atoms with Crippen LogP contribution in [0, 0.1) is 0 Å². The van der Waals surface area contributed by atoms with E-state index < -0.39 is 36.0 Å². The second kappa shape index (κ2) is 17.5. The smallest absolute Gasteiger partial charge is 0.326 e. The van der Waals surface area contributed by atoms with E-state index >= 15 is 0 Å². The predicted molar refractivity (Wildman–Crippen MR) is 177 cm³/mol. The number of carbonyl (C=O) groups excluding carboxylic acids is 3. The largest absolute Gasteiger partial charge is 0.480 e. The average molecular weight is 681 g/mol. The zero-order valence-corrected chi connectivity index (χ0v) is 27.4. The summed E-state index contributed by atoms with van der Waals surface area (Å²) in [5.74, 6) is -2.50. The molecule has 0 radical (unpaired) electrons. The lowest BCUT2D eigenvalue weighted by Crippen LogP contribution is -2.56. The molecule has 0 aromatic heterocycles. The van der Waals surface area contributed by atoms with Crippen LogP contribution in [0.15, 0.2) is 84.9 Å². The zero-order chi connectivity index (χ0) is 31.5. The van der Waals surface area contributed by atoms with Crippen molar-refractivity contribution in [3.05, 3.63) is 107 Å². The zero-order valence-electron chi connectivity index (χ0n) is 25.7. The molecule has 3 aromatic rings. The number of fused-ring (bicyclic) bond motifs is 1. The van der Waals surface area contributed by atoms with Crippen molar-refractivity contribution in [1.29, 1.82) is 0 Å². The van der Waals surface area contributed by atoms with E-state index in [-0.39, 0.29) is 48.5 Å². The number of carboxylic acid groups (broad SMARTS) is 1. The van der Waals surface area contributed by atoms with Gasteiger partial charge in [-0.3, -0.25) is 19.7 Å². The monoisotopic (exact) mass is 679 g/mol. The maximum Gasteiger partial charge on any atom is 0.326 e. The van der Waals surface area contributed by atoms with Crippen molar-refractivity contribution in [1.82, 2.24) is 15.5 Å². The number of benzene rings is 3. The van der Waals surface area contributed by atoms with E-state index in [1.165, 1.54) is 4.90 Å². The third-order valence-corrected chi connectivity index (χ3v) is 7.94. The van der Waals surface area contributed by atoms with Gasteiger partial charge >= 0.3 is 11.9 Å². The Kier molecular flexibility index (Phi) is 13.8. The molecule has 0 fully saturated rings. The molecule has 0 saturated heterocycles. The molecule has 2 amide bonds. The molecule has 240 valence electrons. The van der Waals surface area contributed by atoms with Crippen molar-refractivity contribution in [3.8, 4) is 0 Å². The van der Waals surface area contributed by atoms with Crippen LogP contribution in [0.3, 0.4) is 0 Å². The first-order valence-corrected chi connectivity index (χ1v) is 15.1. The van der Waals surface area contributed by atoms with Crippen molar-refractivity contribution in [2.75, 3.05) is 13.2 Å². The number of rotatable bonds is 15. The molecular formula is C35H42BrN3O6. The van der Waals surface area contributed by atoms with E-state index in [2.05, 4.69) is 10.6 Å². The standard InChI is InChI=1S/C35H41N3O6.BrH/c1-3-44-35(43)30(19-18-25-12-6-4-7-13-25)36-24(2)33(40)38(29-21-27-16-10-11-17-28(27)22-29)23-32(39)37-31(34(41)42)20-26-14-8-5-9-15-26;/h4-17,24,29-31,36H,3,18-23H2,1-2H3,(H,37,39)(H,41,42);1H/t24-,30?,31-;/m0./s1. The number of esters is 1. The number of amides is 2. The van der Waals surface area contributed by atoms with E-state index in [0.717, 1.165) is 22.3 Å². The first-order chi connectivity index (χ1) is 21.2. The molecule has 0 saturated carbocycles. The normalized spacial score (nSPS) is 14.3. The van der Waals surface area contributed by atoms with Crippen LogP contribution in [0.1, 0.15) is 42.5 Å². The van der Waals surface area contributed by atoms with Crippen LogP contribution in [0.25, 0.3) is 0 Å². The van der Waals surface area contributed by atoms with E-state index in [1.54, 1.807) is 26.0 Å². The molecule has 0 spiro atoms. The third-order valence-electron chi connectivity index (χ3n) is 7.94. The fraction of sp³-hybridized carbons (Fsp3) is 0.371. The molecule has 0 heterocycles. The minimum atomic E-state index is -1.15. The molecule has 3 N–H and O–H groups in total. The summed E-state index contributed by atoms with van der Waals surface area (Å²) >= 11 is 0. The number of carbonyl (C=O) groups is 4. The Morgan fingerprint density at radius 2 is 1.42 bits per heavy atom. The Labute approximate surface area is 275 Å². The minimum Gasteiger partial charge on any atom is -0.480 e. The van der Waals surface area contributed by atoms with Gasteiger partial charge in [0.05, 0.1) is 19.2 Å². The molecule has 0 aliphatic heterocycles. The maximum absolute atomic E-state index is 14.0. The Bertz CT molecular complexity index is 1400. The summed E-state index contributed by atoms with van der Waals surface area (Å²) in [6.45, 7) is 3.32. The summed E-state index contributed by atoms with van der Waals surface area (Å²) in [4.78, 5) is 53.8. The van der Waals surface area contributed by atoms with Gasteiger partial charge in [0.1, 0.15) is 12.1 Å². The van der Waals surface area contributed by atoms with E-state index in [0.29, 0.717) is 25.7 Å². The van der Waals surface area contributed by atoms with Crippen LogP contribution < -0.4 is 10.6 Å². The van der Waals surface area contributed by atoms with Crippen molar-refractivity contribution >= 4 is 40.7 Å².